The van der Waals surface area contributed by atoms with Gasteiger partial charge in [0, 0.05) is 13.0 Å². The molecule has 5 heteroatoms. The van der Waals surface area contributed by atoms with Gasteiger partial charge in [-0.2, -0.15) is 4.98 Å². The fourth-order valence-corrected chi connectivity index (χ4v) is 3.58. The van der Waals surface area contributed by atoms with E-state index in [0.29, 0.717) is 24.2 Å². The highest BCUT2D eigenvalue weighted by atomic mass is 16.5. The molecule has 1 heterocycles. The standard InChI is InChI=1S/C23H27N3O2/c1-17(23-25-22(26-28-23)15-18-8-3-2-4-9-18)24-16-19-10-7-13-21(14-19)27-20-11-5-6-12-20/h2-4,7-10,13-14,17,20,24H,5-6,11-12,15-16H2,1H3. The quantitative estimate of drug-likeness (QED) is 0.609. The van der Waals surface area contributed by atoms with Gasteiger partial charge in [0.15, 0.2) is 5.82 Å². The van der Waals surface area contributed by atoms with Gasteiger partial charge in [-0.25, -0.2) is 0 Å². The van der Waals surface area contributed by atoms with Gasteiger partial charge in [0.25, 0.3) is 0 Å². The van der Waals surface area contributed by atoms with E-state index in [1.165, 1.54) is 36.8 Å². The number of hydrogen-bond donors (Lipinski definition) is 1. The summed E-state index contributed by atoms with van der Waals surface area (Å²) in [6.07, 6.45) is 5.95. The van der Waals surface area contributed by atoms with E-state index in [-0.39, 0.29) is 6.04 Å². The molecule has 0 bridgehead atoms. The van der Waals surface area contributed by atoms with Gasteiger partial charge < -0.3 is 14.6 Å². The lowest BCUT2D eigenvalue weighted by molar-refractivity contribution is 0.210. The summed E-state index contributed by atoms with van der Waals surface area (Å²) in [6, 6.07) is 18.5. The molecule has 1 atom stereocenters. The Hall–Kier alpha value is -2.66. The monoisotopic (exact) mass is 377 g/mol. The topological polar surface area (TPSA) is 60.2 Å². The van der Waals surface area contributed by atoms with Gasteiger partial charge >= 0.3 is 0 Å². The van der Waals surface area contributed by atoms with Gasteiger partial charge in [0.2, 0.25) is 5.89 Å². The molecule has 0 saturated heterocycles. The molecule has 1 aliphatic rings. The number of benzene rings is 2. The highest BCUT2D eigenvalue weighted by molar-refractivity contribution is 5.29. The molecular formula is C23H27N3O2. The molecule has 1 saturated carbocycles. The molecule has 0 radical (unpaired) electrons. The number of nitrogens with one attached hydrogen (secondary N) is 1. The first-order chi connectivity index (χ1) is 13.8. The maximum absolute atomic E-state index is 6.10. The molecule has 0 aliphatic heterocycles. The third-order valence-corrected chi connectivity index (χ3v) is 5.18. The Morgan fingerprint density at radius 1 is 1.07 bits per heavy atom. The van der Waals surface area contributed by atoms with Crippen LogP contribution in [0.25, 0.3) is 0 Å². The second-order valence-corrected chi connectivity index (χ2v) is 7.49. The van der Waals surface area contributed by atoms with Crippen molar-refractivity contribution in [3.63, 3.8) is 0 Å². The summed E-state index contributed by atoms with van der Waals surface area (Å²) in [5.74, 6) is 2.29. The predicted octanol–water partition coefficient (Wildman–Crippen LogP) is 4.83. The molecule has 146 valence electrons. The summed E-state index contributed by atoms with van der Waals surface area (Å²) < 4.78 is 11.5. The van der Waals surface area contributed by atoms with Gasteiger partial charge in [0.05, 0.1) is 12.1 Å². The third-order valence-electron chi connectivity index (χ3n) is 5.18. The Kier molecular flexibility index (Phi) is 6.02. The second kappa shape index (κ2) is 9.02. The molecule has 3 aromatic rings. The van der Waals surface area contributed by atoms with Gasteiger partial charge in [-0.15, -0.1) is 0 Å². The zero-order valence-corrected chi connectivity index (χ0v) is 16.3. The zero-order valence-electron chi connectivity index (χ0n) is 16.3. The maximum Gasteiger partial charge on any atom is 0.243 e. The van der Waals surface area contributed by atoms with E-state index >= 15 is 0 Å². The van der Waals surface area contributed by atoms with Gasteiger partial charge in [0.1, 0.15) is 5.75 Å². The summed E-state index contributed by atoms with van der Waals surface area (Å²) in [5.41, 5.74) is 2.36. The molecule has 1 unspecified atom stereocenters. The van der Waals surface area contributed by atoms with E-state index in [9.17, 15) is 0 Å². The summed E-state index contributed by atoms with van der Waals surface area (Å²) in [7, 11) is 0. The Labute approximate surface area is 166 Å². The fourth-order valence-electron chi connectivity index (χ4n) is 3.58. The van der Waals surface area contributed by atoms with Crippen LogP contribution in [0.4, 0.5) is 0 Å². The van der Waals surface area contributed by atoms with Crippen molar-refractivity contribution in [2.75, 3.05) is 0 Å². The van der Waals surface area contributed by atoms with E-state index in [2.05, 4.69) is 45.8 Å². The summed E-state index contributed by atoms with van der Waals surface area (Å²) in [5, 5.41) is 7.57. The first kappa shape index (κ1) is 18.7. The molecule has 1 fully saturated rings. The number of nitrogens with zero attached hydrogens (tertiary/aromatic N) is 2. The summed E-state index contributed by atoms with van der Waals surface area (Å²) in [4.78, 5) is 4.54. The molecule has 0 amide bonds. The SMILES string of the molecule is CC(NCc1cccc(OC2CCCC2)c1)c1nc(Cc2ccccc2)no1. The summed E-state index contributed by atoms with van der Waals surface area (Å²) in [6.45, 7) is 2.76. The number of aromatic nitrogens is 2. The first-order valence-corrected chi connectivity index (χ1v) is 10.1. The summed E-state index contributed by atoms with van der Waals surface area (Å²) >= 11 is 0. The highest BCUT2D eigenvalue weighted by Gasteiger charge is 2.17. The minimum atomic E-state index is -0.0172. The van der Waals surface area contributed by atoms with Crippen molar-refractivity contribution in [1.82, 2.24) is 15.5 Å². The first-order valence-electron chi connectivity index (χ1n) is 10.1. The van der Waals surface area contributed by atoms with Crippen molar-refractivity contribution in [2.45, 2.75) is 57.7 Å². The smallest absolute Gasteiger partial charge is 0.243 e. The van der Waals surface area contributed by atoms with Crippen LogP contribution < -0.4 is 10.1 Å². The number of hydrogen-bond acceptors (Lipinski definition) is 5. The molecule has 4 rings (SSSR count). The van der Waals surface area contributed by atoms with Crippen LogP contribution in [0.1, 0.15) is 61.5 Å². The van der Waals surface area contributed by atoms with Crippen molar-refractivity contribution in [2.24, 2.45) is 0 Å². The average Bonchev–Trinajstić information content (AvgIpc) is 3.39. The largest absolute Gasteiger partial charge is 0.490 e. The molecule has 28 heavy (non-hydrogen) atoms. The molecular weight excluding hydrogens is 350 g/mol. The molecule has 2 aromatic carbocycles. The Morgan fingerprint density at radius 2 is 1.86 bits per heavy atom. The molecule has 0 spiro atoms. The lowest BCUT2D eigenvalue weighted by Gasteiger charge is -2.14. The van der Waals surface area contributed by atoms with Gasteiger partial charge in [-0.05, 0) is 55.9 Å². The Morgan fingerprint density at radius 3 is 2.68 bits per heavy atom. The second-order valence-electron chi connectivity index (χ2n) is 7.49. The Bertz CT molecular complexity index is 872. The molecule has 1 aliphatic carbocycles. The van der Waals surface area contributed by atoms with Crippen molar-refractivity contribution >= 4 is 0 Å². The molecule has 1 N–H and O–H groups in total. The van der Waals surface area contributed by atoms with Crippen LogP contribution in [-0.4, -0.2) is 16.2 Å². The van der Waals surface area contributed by atoms with E-state index < -0.39 is 0 Å². The van der Waals surface area contributed by atoms with Crippen molar-refractivity contribution in [3.8, 4) is 5.75 Å². The zero-order chi connectivity index (χ0) is 19.2. The van der Waals surface area contributed by atoms with Crippen molar-refractivity contribution < 1.29 is 9.26 Å². The Balaban J connectivity index is 1.31. The minimum absolute atomic E-state index is 0.0172. The fraction of sp³-hybridized carbons (Fsp3) is 0.391. The maximum atomic E-state index is 6.10. The minimum Gasteiger partial charge on any atom is -0.490 e. The van der Waals surface area contributed by atoms with Crippen molar-refractivity contribution in [3.05, 3.63) is 77.4 Å². The third kappa shape index (κ3) is 4.98. The van der Waals surface area contributed by atoms with Crippen LogP contribution in [-0.2, 0) is 13.0 Å². The van der Waals surface area contributed by atoms with Crippen LogP contribution in [0.2, 0.25) is 0 Å². The van der Waals surface area contributed by atoms with Gasteiger partial charge in [-0.3, -0.25) is 0 Å². The van der Waals surface area contributed by atoms with Crippen molar-refractivity contribution in [1.29, 1.82) is 0 Å². The predicted molar refractivity (Wildman–Crippen MR) is 108 cm³/mol. The van der Waals surface area contributed by atoms with Crippen LogP contribution in [0.5, 0.6) is 5.75 Å². The average molecular weight is 377 g/mol. The van der Waals surface area contributed by atoms with E-state index in [0.717, 1.165) is 12.3 Å². The van der Waals surface area contributed by atoms with Gasteiger partial charge in [-0.1, -0.05) is 47.6 Å². The highest BCUT2D eigenvalue weighted by Crippen LogP contribution is 2.24. The van der Waals surface area contributed by atoms with Crippen LogP contribution in [0, 0.1) is 0 Å². The lowest BCUT2D eigenvalue weighted by Crippen LogP contribution is -2.18. The van der Waals surface area contributed by atoms with E-state index in [1.807, 2.05) is 31.2 Å². The molecule has 5 nitrogen and oxygen atoms in total. The van der Waals surface area contributed by atoms with Crippen LogP contribution in [0.15, 0.2) is 59.1 Å². The van der Waals surface area contributed by atoms with E-state index in [1.54, 1.807) is 0 Å². The van der Waals surface area contributed by atoms with E-state index in [4.69, 9.17) is 9.26 Å². The number of rotatable bonds is 8. The van der Waals surface area contributed by atoms with Crippen LogP contribution in [0.3, 0.4) is 0 Å². The normalized spacial score (nSPS) is 15.6. The molecule has 1 aromatic heterocycles. The number of ether oxygens (including phenoxy) is 1. The van der Waals surface area contributed by atoms with Crippen LogP contribution >= 0.6 is 0 Å². The lowest BCUT2D eigenvalue weighted by atomic mass is 10.1.